The molecule has 6 nitrogen and oxygen atoms in total. The third-order valence-corrected chi connectivity index (χ3v) is 2.80. The molecule has 0 saturated heterocycles. The predicted octanol–water partition coefficient (Wildman–Crippen LogP) is 3.08. The fourth-order valence-corrected chi connectivity index (χ4v) is 2.09. The lowest BCUT2D eigenvalue weighted by atomic mass is 10.2. The standard InChI is InChI=1S/C11H13ClN2O4S/c1-11(2,3)18-10(15)6-19-9-5-7(14(16)17)4-8(12)13-9/h4-5H,6H2,1-3H3. The van der Waals surface area contributed by atoms with E-state index in [4.69, 9.17) is 16.3 Å². The van der Waals surface area contributed by atoms with Crippen LogP contribution in [0.3, 0.4) is 0 Å². The number of halogens is 1. The Morgan fingerprint density at radius 2 is 2.16 bits per heavy atom. The van der Waals surface area contributed by atoms with Gasteiger partial charge in [-0.3, -0.25) is 14.9 Å². The van der Waals surface area contributed by atoms with E-state index in [1.165, 1.54) is 6.07 Å². The van der Waals surface area contributed by atoms with E-state index in [-0.39, 0.29) is 16.6 Å². The molecule has 0 aromatic carbocycles. The van der Waals surface area contributed by atoms with Crippen molar-refractivity contribution in [1.82, 2.24) is 4.98 Å². The molecule has 0 aliphatic rings. The molecule has 1 aromatic rings. The molecular formula is C11H13ClN2O4S. The van der Waals surface area contributed by atoms with Gasteiger partial charge in [0.15, 0.2) is 0 Å². The van der Waals surface area contributed by atoms with Crippen LogP contribution < -0.4 is 0 Å². The summed E-state index contributed by atoms with van der Waals surface area (Å²) in [6, 6.07) is 2.42. The van der Waals surface area contributed by atoms with Crippen molar-refractivity contribution in [2.24, 2.45) is 0 Å². The average Bonchev–Trinajstić information content (AvgIpc) is 2.23. The summed E-state index contributed by atoms with van der Waals surface area (Å²) in [4.78, 5) is 25.5. The third-order valence-electron chi connectivity index (χ3n) is 1.72. The molecule has 0 aliphatic heterocycles. The number of hydrogen-bond donors (Lipinski definition) is 0. The first-order chi connectivity index (χ1) is 8.67. The molecule has 0 fully saturated rings. The van der Waals surface area contributed by atoms with Crippen LogP contribution in [0.25, 0.3) is 0 Å². The first kappa shape index (κ1) is 15.7. The summed E-state index contributed by atoms with van der Waals surface area (Å²) < 4.78 is 5.11. The summed E-state index contributed by atoms with van der Waals surface area (Å²) in [6.07, 6.45) is 0. The second-order valence-corrected chi connectivity index (χ2v) is 6.00. The Morgan fingerprint density at radius 3 is 2.68 bits per heavy atom. The third kappa shape index (κ3) is 5.89. The maximum absolute atomic E-state index is 11.5. The van der Waals surface area contributed by atoms with Crippen LogP contribution in [0, 0.1) is 10.1 Å². The number of pyridine rings is 1. The fraction of sp³-hybridized carbons (Fsp3) is 0.455. The molecule has 1 aromatic heterocycles. The van der Waals surface area contributed by atoms with Gasteiger partial charge in [0, 0.05) is 6.07 Å². The van der Waals surface area contributed by atoms with E-state index in [2.05, 4.69) is 4.98 Å². The summed E-state index contributed by atoms with van der Waals surface area (Å²) in [6.45, 7) is 5.29. The Morgan fingerprint density at radius 1 is 1.53 bits per heavy atom. The molecule has 0 amide bonds. The zero-order valence-electron chi connectivity index (χ0n) is 10.7. The van der Waals surface area contributed by atoms with Crippen molar-refractivity contribution in [3.05, 3.63) is 27.4 Å². The molecule has 104 valence electrons. The zero-order valence-corrected chi connectivity index (χ0v) is 12.2. The first-order valence-electron chi connectivity index (χ1n) is 5.34. The molecule has 0 saturated carbocycles. The Bertz CT molecular complexity index is 502. The van der Waals surface area contributed by atoms with E-state index in [1.54, 1.807) is 20.8 Å². The molecular weight excluding hydrogens is 292 g/mol. The zero-order chi connectivity index (χ0) is 14.6. The maximum atomic E-state index is 11.5. The monoisotopic (exact) mass is 304 g/mol. The van der Waals surface area contributed by atoms with Gasteiger partial charge < -0.3 is 4.74 Å². The number of aromatic nitrogens is 1. The summed E-state index contributed by atoms with van der Waals surface area (Å²) in [5, 5.41) is 11.0. The number of nitrogens with zero attached hydrogens (tertiary/aromatic N) is 2. The number of hydrogen-bond acceptors (Lipinski definition) is 6. The van der Waals surface area contributed by atoms with Crippen molar-refractivity contribution < 1.29 is 14.5 Å². The van der Waals surface area contributed by atoms with Gasteiger partial charge in [0.05, 0.1) is 16.7 Å². The smallest absolute Gasteiger partial charge is 0.316 e. The Hall–Kier alpha value is -1.34. The largest absolute Gasteiger partial charge is 0.459 e. The molecule has 8 heteroatoms. The van der Waals surface area contributed by atoms with Crippen molar-refractivity contribution in [3.63, 3.8) is 0 Å². The van der Waals surface area contributed by atoms with Gasteiger partial charge >= 0.3 is 5.97 Å². The number of carbonyl (C=O) groups excluding carboxylic acids is 1. The number of thioether (sulfide) groups is 1. The van der Waals surface area contributed by atoms with Gasteiger partial charge in [0.2, 0.25) is 0 Å². The Kier molecular flexibility index (Phi) is 5.13. The van der Waals surface area contributed by atoms with Gasteiger partial charge in [-0.05, 0) is 20.8 Å². The minimum absolute atomic E-state index is 0.0147. The highest BCUT2D eigenvalue weighted by Gasteiger charge is 2.17. The molecule has 0 aliphatic carbocycles. The predicted molar refractivity (Wildman–Crippen MR) is 72.5 cm³/mol. The molecule has 0 unspecified atom stereocenters. The molecule has 1 heterocycles. The van der Waals surface area contributed by atoms with Gasteiger partial charge in [-0.1, -0.05) is 23.4 Å². The highest BCUT2D eigenvalue weighted by atomic mass is 35.5. The molecule has 0 spiro atoms. The van der Waals surface area contributed by atoms with Crippen LogP contribution in [0.5, 0.6) is 0 Å². The van der Waals surface area contributed by atoms with Crippen molar-refractivity contribution in [3.8, 4) is 0 Å². The van der Waals surface area contributed by atoms with E-state index in [1.807, 2.05) is 0 Å². The topological polar surface area (TPSA) is 82.3 Å². The maximum Gasteiger partial charge on any atom is 0.316 e. The van der Waals surface area contributed by atoms with Gasteiger partial charge in [-0.2, -0.15) is 0 Å². The van der Waals surface area contributed by atoms with Gasteiger partial charge in [-0.15, -0.1) is 0 Å². The van der Waals surface area contributed by atoms with E-state index in [0.717, 1.165) is 17.8 Å². The van der Waals surface area contributed by atoms with Gasteiger partial charge in [0.1, 0.15) is 15.8 Å². The Labute approximate surface area is 119 Å². The van der Waals surface area contributed by atoms with Crippen LogP contribution in [-0.2, 0) is 9.53 Å². The quantitative estimate of drug-likeness (QED) is 0.279. The number of carbonyl (C=O) groups is 1. The van der Waals surface area contributed by atoms with Crippen LogP contribution >= 0.6 is 23.4 Å². The lowest BCUT2D eigenvalue weighted by Gasteiger charge is -2.19. The number of nitro groups is 1. The molecule has 1 rings (SSSR count). The second-order valence-electron chi connectivity index (χ2n) is 4.62. The molecule has 19 heavy (non-hydrogen) atoms. The Balaban J connectivity index is 2.68. The highest BCUT2D eigenvalue weighted by molar-refractivity contribution is 7.99. The SMILES string of the molecule is CC(C)(C)OC(=O)CSc1cc([N+](=O)[O-])cc(Cl)n1. The summed E-state index contributed by atoms with van der Waals surface area (Å²) in [5.74, 6) is -0.399. The van der Waals surface area contributed by atoms with Crippen molar-refractivity contribution in [1.29, 1.82) is 0 Å². The molecule has 0 N–H and O–H groups in total. The minimum atomic E-state index is -0.564. The van der Waals surface area contributed by atoms with Crippen LogP contribution in [-0.4, -0.2) is 27.2 Å². The molecule has 0 radical (unpaired) electrons. The average molecular weight is 305 g/mol. The molecule has 0 bridgehead atoms. The number of rotatable bonds is 4. The van der Waals surface area contributed by atoms with Crippen molar-refractivity contribution >= 4 is 35.0 Å². The highest BCUT2D eigenvalue weighted by Crippen LogP contribution is 2.24. The lowest BCUT2D eigenvalue weighted by molar-refractivity contribution is -0.385. The van der Waals surface area contributed by atoms with Crippen LogP contribution in [0.1, 0.15) is 20.8 Å². The van der Waals surface area contributed by atoms with Gasteiger partial charge in [-0.25, -0.2) is 4.98 Å². The van der Waals surface area contributed by atoms with Crippen molar-refractivity contribution in [2.75, 3.05) is 5.75 Å². The number of esters is 1. The number of ether oxygens (including phenoxy) is 1. The van der Waals surface area contributed by atoms with Crippen LogP contribution in [0.4, 0.5) is 5.69 Å². The van der Waals surface area contributed by atoms with Crippen molar-refractivity contribution in [2.45, 2.75) is 31.4 Å². The first-order valence-corrected chi connectivity index (χ1v) is 6.70. The van der Waals surface area contributed by atoms with E-state index in [9.17, 15) is 14.9 Å². The minimum Gasteiger partial charge on any atom is -0.459 e. The summed E-state index contributed by atoms with van der Waals surface area (Å²) in [5.41, 5.74) is -0.725. The molecule has 0 atom stereocenters. The lowest BCUT2D eigenvalue weighted by Crippen LogP contribution is -2.24. The summed E-state index contributed by atoms with van der Waals surface area (Å²) in [7, 11) is 0. The van der Waals surface area contributed by atoms with Gasteiger partial charge in [0.25, 0.3) is 5.69 Å². The normalized spacial score (nSPS) is 11.2. The van der Waals surface area contributed by atoms with E-state index in [0.29, 0.717) is 5.03 Å². The van der Waals surface area contributed by atoms with Crippen LogP contribution in [0.15, 0.2) is 17.2 Å². The van der Waals surface area contributed by atoms with Crippen LogP contribution in [0.2, 0.25) is 5.15 Å². The van der Waals surface area contributed by atoms with E-state index < -0.39 is 16.5 Å². The second kappa shape index (κ2) is 6.21. The summed E-state index contributed by atoms with van der Waals surface area (Å²) >= 11 is 6.71. The van der Waals surface area contributed by atoms with E-state index >= 15 is 0 Å². The fourth-order valence-electron chi connectivity index (χ4n) is 1.14.